The summed E-state index contributed by atoms with van der Waals surface area (Å²) in [6.45, 7) is 8.77. The van der Waals surface area contributed by atoms with Crippen molar-refractivity contribution in [3.05, 3.63) is 24.2 Å². The van der Waals surface area contributed by atoms with Crippen LogP contribution in [0.2, 0.25) is 0 Å². The molecule has 0 unspecified atom stereocenters. The van der Waals surface area contributed by atoms with Crippen LogP contribution in [0.25, 0.3) is 5.52 Å². The van der Waals surface area contributed by atoms with Crippen molar-refractivity contribution in [3.63, 3.8) is 0 Å². The fourth-order valence-corrected chi connectivity index (χ4v) is 1.98. The van der Waals surface area contributed by atoms with Crippen LogP contribution < -0.4 is 5.32 Å². The minimum atomic E-state index is 0.0623. The molecule has 2 aromatic heterocycles. The van der Waals surface area contributed by atoms with Gasteiger partial charge >= 0.3 is 0 Å². The standard InChI is InChI=1S/C14H20N4/c1-13(2,3)11-9-10-12(16-14(4)5-6-14)15-7-8-18(10)17-11/h7-9H,5-6H2,1-4H3,(H,15,16). The summed E-state index contributed by atoms with van der Waals surface area (Å²) < 4.78 is 1.92. The minimum absolute atomic E-state index is 0.0623. The van der Waals surface area contributed by atoms with Crippen molar-refractivity contribution in [1.82, 2.24) is 14.6 Å². The second kappa shape index (κ2) is 3.46. The van der Waals surface area contributed by atoms with Crippen LogP contribution in [-0.4, -0.2) is 20.1 Å². The summed E-state index contributed by atoms with van der Waals surface area (Å²) in [4.78, 5) is 4.46. The number of hydrogen-bond acceptors (Lipinski definition) is 3. The highest BCUT2D eigenvalue weighted by Crippen LogP contribution is 2.38. The second-order valence-electron chi connectivity index (χ2n) is 6.57. The van der Waals surface area contributed by atoms with E-state index < -0.39 is 0 Å². The van der Waals surface area contributed by atoms with Gasteiger partial charge in [-0.3, -0.25) is 0 Å². The van der Waals surface area contributed by atoms with E-state index in [1.165, 1.54) is 12.8 Å². The largest absolute Gasteiger partial charge is 0.363 e. The van der Waals surface area contributed by atoms with Crippen LogP contribution in [0, 0.1) is 0 Å². The Bertz CT molecular complexity index is 587. The van der Waals surface area contributed by atoms with E-state index in [-0.39, 0.29) is 11.0 Å². The average molecular weight is 244 g/mol. The summed E-state index contributed by atoms with van der Waals surface area (Å²) in [5.41, 5.74) is 2.46. The molecule has 0 aliphatic heterocycles. The van der Waals surface area contributed by atoms with Crippen molar-refractivity contribution < 1.29 is 0 Å². The molecule has 1 fully saturated rings. The lowest BCUT2D eigenvalue weighted by Crippen LogP contribution is -2.17. The molecular formula is C14H20N4. The molecule has 0 radical (unpaired) electrons. The summed E-state index contributed by atoms with van der Waals surface area (Å²) in [7, 11) is 0. The minimum Gasteiger partial charge on any atom is -0.363 e. The van der Waals surface area contributed by atoms with E-state index in [9.17, 15) is 0 Å². The Balaban J connectivity index is 2.07. The lowest BCUT2D eigenvalue weighted by Gasteiger charge is -2.13. The number of anilines is 1. The van der Waals surface area contributed by atoms with Crippen molar-refractivity contribution in [1.29, 1.82) is 0 Å². The lowest BCUT2D eigenvalue weighted by atomic mass is 9.92. The normalized spacial score (nSPS) is 18.0. The van der Waals surface area contributed by atoms with Gasteiger partial charge in [0.05, 0.1) is 5.69 Å². The van der Waals surface area contributed by atoms with Gasteiger partial charge in [0.15, 0.2) is 5.82 Å². The molecule has 1 aliphatic rings. The molecule has 18 heavy (non-hydrogen) atoms. The predicted octanol–water partition coefficient (Wildman–Crippen LogP) is 2.99. The number of nitrogens with zero attached hydrogens (tertiary/aromatic N) is 3. The smallest absolute Gasteiger partial charge is 0.152 e. The van der Waals surface area contributed by atoms with Crippen LogP contribution in [0.5, 0.6) is 0 Å². The van der Waals surface area contributed by atoms with E-state index in [0.717, 1.165) is 17.0 Å². The molecule has 1 saturated carbocycles. The highest BCUT2D eigenvalue weighted by atomic mass is 15.2. The molecule has 2 heterocycles. The molecule has 96 valence electrons. The monoisotopic (exact) mass is 244 g/mol. The molecule has 0 bridgehead atoms. The van der Waals surface area contributed by atoms with Crippen LogP contribution in [-0.2, 0) is 5.41 Å². The number of aromatic nitrogens is 3. The van der Waals surface area contributed by atoms with Gasteiger partial charge in [0.25, 0.3) is 0 Å². The maximum absolute atomic E-state index is 4.63. The van der Waals surface area contributed by atoms with Crippen LogP contribution in [0.4, 0.5) is 5.82 Å². The predicted molar refractivity (Wildman–Crippen MR) is 72.9 cm³/mol. The quantitative estimate of drug-likeness (QED) is 0.883. The zero-order chi connectivity index (χ0) is 13.0. The molecule has 1 aliphatic carbocycles. The fraction of sp³-hybridized carbons (Fsp3) is 0.571. The van der Waals surface area contributed by atoms with Crippen LogP contribution in [0.15, 0.2) is 18.5 Å². The number of rotatable bonds is 2. The van der Waals surface area contributed by atoms with E-state index in [4.69, 9.17) is 0 Å². The van der Waals surface area contributed by atoms with Gasteiger partial charge < -0.3 is 5.32 Å². The molecule has 0 saturated heterocycles. The van der Waals surface area contributed by atoms with Gasteiger partial charge in [-0.15, -0.1) is 0 Å². The molecule has 0 spiro atoms. The molecular weight excluding hydrogens is 224 g/mol. The highest BCUT2D eigenvalue weighted by molar-refractivity contribution is 5.69. The second-order valence-corrected chi connectivity index (χ2v) is 6.57. The van der Waals surface area contributed by atoms with Gasteiger partial charge in [-0.25, -0.2) is 9.50 Å². The highest BCUT2D eigenvalue weighted by Gasteiger charge is 2.38. The van der Waals surface area contributed by atoms with Gasteiger partial charge in [0, 0.05) is 23.3 Å². The molecule has 4 nitrogen and oxygen atoms in total. The average Bonchev–Trinajstić information content (AvgIpc) is 2.82. The third-order valence-corrected chi connectivity index (χ3v) is 3.58. The Morgan fingerprint density at radius 3 is 2.67 bits per heavy atom. The van der Waals surface area contributed by atoms with Gasteiger partial charge in [0.2, 0.25) is 0 Å². The van der Waals surface area contributed by atoms with Crippen molar-refractivity contribution in [3.8, 4) is 0 Å². The Hall–Kier alpha value is -1.58. The zero-order valence-corrected chi connectivity index (χ0v) is 11.5. The molecule has 0 aromatic carbocycles. The van der Waals surface area contributed by atoms with Crippen molar-refractivity contribution in [2.75, 3.05) is 5.32 Å². The number of nitrogens with one attached hydrogen (secondary N) is 1. The Kier molecular flexibility index (Phi) is 2.22. The lowest BCUT2D eigenvalue weighted by molar-refractivity contribution is 0.562. The first-order chi connectivity index (χ1) is 8.37. The van der Waals surface area contributed by atoms with E-state index in [2.05, 4.69) is 49.2 Å². The number of hydrogen-bond donors (Lipinski definition) is 1. The van der Waals surface area contributed by atoms with Gasteiger partial charge in [-0.2, -0.15) is 5.10 Å². The van der Waals surface area contributed by atoms with E-state index >= 15 is 0 Å². The number of fused-ring (bicyclic) bond motifs is 1. The third kappa shape index (κ3) is 1.96. The molecule has 0 amide bonds. The third-order valence-electron chi connectivity index (χ3n) is 3.58. The van der Waals surface area contributed by atoms with Crippen LogP contribution >= 0.6 is 0 Å². The van der Waals surface area contributed by atoms with Crippen LogP contribution in [0.1, 0.15) is 46.2 Å². The zero-order valence-electron chi connectivity index (χ0n) is 11.5. The van der Waals surface area contributed by atoms with Crippen molar-refractivity contribution in [2.24, 2.45) is 0 Å². The Morgan fingerprint density at radius 1 is 1.33 bits per heavy atom. The first-order valence-electron chi connectivity index (χ1n) is 6.51. The SMILES string of the molecule is CC1(Nc2nccn3nc(C(C)(C)C)cc23)CC1. The molecule has 3 rings (SSSR count). The molecule has 4 heteroatoms. The first-order valence-corrected chi connectivity index (χ1v) is 6.51. The van der Waals surface area contributed by atoms with Crippen molar-refractivity contribution in [2.45, 2.75) is 51.5 Å². The molecule has 2 aromatic rings. The summed E-state index contributed by atoms with van der Waals surface area (Å²) in [5, 5.41) is 8.16. The summed E-state index contributed by atoms with van der Waals surface area (Å²) >= 11 is 0. The topological polar surface area (TPSA) is 42.2 Å². The van der Waals surface area contributed by atoms with E-state index in [1.807, 2.05) is 10.7 Å². The van der Waals surface area contributed by atoms with Crippen LogP contribution in [0.3, 0.4) is 0 Å². The Morgan fingerprint density at radius 2 is 2.06 bits per heavy atom. The molecule has 1 N–H and O–H groups in total. The molecule has 0 atom stereocenters. The van der Waals surface area contributed by atoms with Gasteiger partial charge in [-0.1, -0.05) is 20.8 Å². The summed E-state index contributed by atoms with van der Waals surface area (Å²) in [6, 6.07) is 2.14. The maximum atomic E-state index is 4.63. The van der Waals surface area contributed by atoms with Crippen molar-refractivity contribution >= 4 is 11.3 Å². The summed E-state index contributed by atoms with van der Waals surface area (Å²) in [6.07, 6.45) is 6.15. The fourth-order valence-electron chi connectivity index (χ4n) is 1.98. The summed E-state index contributed by atoms with van der Waals surface area (Å²) in [5.74, 6) is 0.945. The van der Waals surface area contributed by atoms with Gasteiger partial charge in [0.1, 0.15) is 5.52 Å². The van der Waals surface area contributed by atoms with E-state index in [0.29, 0.717) is 0 Å². The van der Waals surface area contributed by atoms with Gasteiger partial charge in [-0.05, 0) is 25.8 Å². The van der Waals surface area contributed by atoms with E-state index in [1.54, 1.807) is 6.20 Å². The maximum Gasteiger partial charge on any atom is 0.152 e. The first kappa shape index (κ1) is 11.5. The Labute approximate surface area is 107 Å².